The Balaban J connectivity index is 1.72. The first-order chi connectivity index (χ1) is 11.3. The van der Waals surface area contributed by atoms with Crippen molar-refractivity contribution >= 4 is 17.5 Å². The van der Waals surface area contributed by atoms with E-state index in [-0.39, 0.29) is 6.03 Å². The molecule has 3 N–H and O–H groups in total. The summed E-state index contributed by atoms with van der Waals surface area (Å²) in [7, 11) is 0. The second-order valence-corrected chi connectivity index (χ2v) is 4.89. The zero-order chi connectivity index (χ0) is 16.1. The Morgan fingerprint density at radius 2 is 2.17 bits per heavy atom. The van der Waals surface area contributed by atoms with Gasteiger partial charge >= 0.3 is 6.03 Å². The van der Waals surface area contributed by atoms with Gasteiger partial charge in [0.25, 0.3) is 0 Å². The Bertz CT molecular complexity index is 778. The molecule has 0 radical (unpaired) electrons. The molecule has 3 rings (SSSR count). The van der Waals surface area contributed by atoms with Crippen LogP contribution in [0.5, 0.6) is 0 Å². The van der Waals surface area contributed by atoms with Gasteiger partial charge in [0.15, 0.2) is 0 Å². The van der Waals surface area contributed by atoms with Crippen molar-refractivity contribution in [2.45, 2.75) is 19.9 Å². The average Bonchev–Trinajstić information content (AvgIpc) is 3.18. The maximum Gasteiger partial charge on any atom is 0.324 e. The molecule has 0 bridgehead atoms. The van der Waals surface area contributed by atoms with Crippen LogP contribution < -0.4 is 10.6 Å². The number of hydrogen-bond donors (Lipinski definition) is 3. The number of rotatable bonds is 5. The molecule has 3 aromatic heterocycles. The maximum absolute atomic E-state index is 12.2. The van der Waals surface area contributed by atoms with Gasteiger partial charge in [0.05, 0.1) is 23.8 Å². The van der Waals surface area contributed by atoms with Crippen molar-refractivity contribution in [3.05, 3.63) is 42.9 Å². The number of amides is 2. The molecule has 23 heavy (non-hydrogen) atoms. The van der Waals surface area contributed by atoms with E-state index in [9.17, 15) is 4.79 Å². The topological polar surface area (TPSA) is 101 Å². The van der Waals surface area contributed by atoms with Crippen LogP contribution in [0.4, 0.5) is 16.3 Å². The number of pyridine rings is 1. The summed E-state index contributed by atoms with van der Waals surface area (Å²) in [4.78, 5) is 16.4. The lowest BCUT2D eigenvalue weighted by Crippen LogP contribution is -2.21. The number of nitrogens with zero attached hydrogens (tertiary/aromatic N) is 4. The summed E-state index contributed by atoms with van der Waals surface area (Å²) in [6.07, 6.45) is 5.82. The zero-order valence-electron chi connectivity index (χ0n) is 12.7. The minimum absolute atomic E-state index is 0.360. The Kier molecular flexibility index (Phi) is 4.32. The van der Waals surface area contributed by atoms with Crippen LogP contribution in [0.25, 0.3) is 11.4 Å². The number of aromatic amines is 1. The first-order valence-electron chi connectivity index (χ1n) is 7.32. The number of carbonyl (C=O) groups is 1. The molecule has 0 aliphatic rings. The van der Waals surface area contributed by atoms with Crippen LogP contribution in [-0.4, -0.2) is 31.0 Å². The number of urea groups is 1. The molecule has 2 amide bonds. The number of anilines is 2. The Hall–Kier alpha value is -3.16. The highest BCUT2D eigenvalue weighted by Crippen LogP contribution is 2.23. The lowest BCUT2D eigenvalue weighted by molar-refractivity contribution is 0.262. The normalized spacial score (nSPS) is 10.5. The molecule has 0 saturated heterocycles. The fraction of sp³-hybridized carbons (Fsp3) is 0.200. The maximum atomic E-state index is 12.2. The second kappa shape index (κ2) is 6.73. The number of hydrogen-bond acceptors (Lipinski definition) is 4. The van der Waals surface area contributed by atoms with Gasteiger partial charge in [0.1, 0.15) is 11.5 Å². The van der Waals surface area contributed by atoms with Crippen molar-refractivity contribution in [1.29, 1.82) is 0 Å². The second-order valence-electron chi connectivity index (χ2n) is 4.89. The van der Waals surface area contributed by atoms with Crippen LogP contribution in [0.1, 0.15) is 13.3 Å². The van der Waals surface area contributed by atoms with Crippen LogP contribution >= 0.6 is 0 Å². The molecule has 8 heteroatoms. The quantitative estimate of drug-likeness (QED) is 0.674. The van der Waals surface area contributed by atoms with Gasteiger partial charge in [0.2, 0.25) is 0 Å². The van der Waals surface area contributed by atoms with Gasteiger partial charge in [0, 0.05) is 18.8 Å². The number of aromatic nitrogens is 5. The number of H-pyrrole nitrogens is 1. The van der Waals surface area contributed by atoms with E-state index in [4.69, 9.17) is 0 Å². The summed E-state index contributed by atoms with van der Waals surface area (Å²) in [5.74, 6) is 0.646. The van der Waals surface area contributed by atoms with Gasteiger partial charge in [-0.25, -0.2) is 9.48 Å². The van der Waals surface area contributed by atoms with Crippen molar-refractivity contribution < 1.29 is 4.79 Å². The highest BCUT2D eigenvalue weighted by atomic mass is 16.2. The molecule has 3 heterocycles. The molecule has 0 aromatic carbocycles. The van der Waals surface area contributed by atoms with Crippen LogP contribution in [0.3, 0.4) is 0 Å². The van der Waals surface area contributed by atoms with E-state index < -0.39 is 0 Å². The molecule has 0 aliphatic carbocycles. The van der Waals surface area contributed by atoms with Crippen molar-refractivity contribution in [3.8, 4) is 11.4 Å². The molecular weight excluding hydrogens is 294 g/mol. The van der Waals surface area contributed by atoms with Crippen LogP contribution in [0, 0.1) is 0 Å². The number of nitrogens with one attached hydrogen (secondary N) is 3. The zero-order valence-corrected chi connectivity index (χ0v) is 12.7. The third-order valence-corrected chi connectivity index (χ3v) is 3.20. The van der Waals surface area contributed by atoms with Gasteiger partial charge < -0.3 is 5.32 Å². The molecule has 0 spiro atoms. The van der Waals surface area contributed by atoms with E-state index in [1.165, 1.54) is 0 Å². The van der Waals surface area contributed by atoms with E-state index in [2.05, 4.69) is 37.8 Å². The fourth-order valence-corrected chi connectivity index (χ4v) is 2.19. The molecule has 118 valence electrons. The van der Waals surface area contributed by atoms with E-state index in [1.54, 1.807) is 29.3 Å². The van der Waals surface area contributed by atoms with Gasteiger partial charge in [-0.15, -0.1) is 0 Å². The predicted octanol–water partition coefficient (Wildman–Crippen LogP) is 2.72. The van der Waals surface area contributed by atoms with Crippen LogP contribution in [-0.2, 0) is 6.54 Å². The average molecular weight is 311 g/mol. The highest BCUT2D eigenvalue weighted by molar-refractivity contribution is 6.01. The van der Waals surface area contributed by atoms with Gasteiger partial charge in [-0.2, -0.15) is 10.2 Å². The SMILES string of the molecule is CCCn1nccc1NC(=O)Nc1cn[nH]c1-c1ccccn1. The summed E-state index contributed by atoms with van der Waals surface area (Å²) >= 11 is 0. The highest BCUT2D eigenvalue weighted by Gasteiger charge is 2.13. The molecule has 0 aliphatic heterocycles. The van der Waals surface area contributed by atoms with Gasteiger partial charge in [-0.05, 0) is 18.6 Å². The summed E-state index contributed by atoms with van der Waals surface area (Å²) in [5.41, 5.74) is 1.92. The standard InChI is InChI=1S/C15H17N7O/c1-2-9-22-13(6-8-18-22)20-15(23)19-12-10-17-21-14(12)11-5-3-4-7-16-11/h3-8,10H,2,9H2,1H3,(H,17,21)(H2,19,20,23). The van der Waals surface area contributed by atoms with Crippen molar-refractivity contribution in [1.82, 2.24) is 25.0 Å². The molecule has 0 saturated carbocycles. The smallest absolute Gasteiger partial charge is 0.304 e. The summed E-state index contributed by atoms with van der Waals surface area (Å²) in [6, 6.07) is 6.93. The van der Waals surface area contributed by atoms with E-state index >= 15 is 0 Å². The molecule has 0 atom stereocenters. The first kappa shape index (κ1) is 14.8. The lowest BCUT2D eigenvalue weighted by Gasteiger charge is -2.09. The minimum Gasteiger partial charge on any atom is -0.304 e. The third kappa shape index (κ3) is 3.37. The van der Waals surface area contributed by atoms with Crippen molar-refractivity contribution in [3.63, 3.8) is 0 Å². The van der Waals surface area contributed by atoms with Crippen LogP contribution in [0.2, 0.25) is 0 Å². The van der Waals surface area contributed by atoms with E-state index in [0.29, 0.717) is 22.9 Å². The predicted molar refractivity (Wildman–Crippen MR) is 87.0 cm³/mol. The largest absolute Gasteiger partial charge is 0.324 e. The van der Waals surface area contributed by atoms with Gasteiger partial charge in [-0.1, -0.05) is 13.0 Å². The summed E-state index contributed by atoms with van der Waals surface area (Å²) < 4.78 is 1.74. The Labute approximate surface area is 132 Å². The molecule has 8 nitrogen and oxygen atoms in total. The van der Waals surface area contributed by atoms with Crippen molar-refractivity contribution in [2.24, 2.45) is 0 Å². The molecule has 0 fully saturated rings. The monoisotopic (exact) mass is 311 g/mol. The minimum atomic E-state index is -0.360. The number of aryl methyl sites for hydroxylation is 1. The van der Waals surface area contributed by atoms with E-state index in [1.807, 2.05) is 18.2 Å². The molecule has 3 aromatic rings. The molecular formula is C15H17N7O. The molecule has 0 unspecified atom stereocenters. The summed E-state index contributed by atoms with van der Waals surface area (Å²) in [5, 5.41) is 16.5. The van der Waals surface area contributed by atoms with Crippen LogP contribution in [0.15, 0.2) is 42.9 Å². The number of carbonyl (C=O) groups excluding carboxylic acids is 1. The van der Waals surface area contributed by atoms with Crippen molar-refractivity contribution in [2.75, 3.05) is 10.6 Å². The van der Waals surface area contributed by atoms with Gasteiger partial charge in [-0.3, -0.25) is 15.4 Å². The third-order valence-electron chi connectivity index (χ3n) is 3.20. The Morgan fingerprint density at radius 1 is 1.26 bits per heavy atom. The fourth-order valence-electron chi connectivity index (χ4n) is 2.19. The first-order valence-corrected chi connectivity index (χ1v) is 7.32. The Morgan fingerprint density at radius 3 is 2.96 bits per heavy atom. The lowest BCUT2D eigenvalue weighted by atomic mass is 10.2. The van der Waals surface area contributed by atoms with E-state index in [0.717, 1.165) is 13.0 Å². The summed E-state index contributed by atoms with van der Waals surface area (Å²) in [6.45, 7) is 2.80.